The maximum atomic E-state index is 8.96. The summed E-state index contributed by atoms with van der Waals surface area (Å²) in [5.41, 5.74) is 1.44. The van der Waals surface area contributed by atoms with Crippen molar-refractivity contribution in [2.45, 2.75) is 25.9 Å². The molecular formula is C16H20N5+. The molecule has 1 aromatic carbocycles. The van der Waals surface area contributed by atoms with Crippen LogP contribution in [0.1, 0.15) is 24.2 Å². The molecule has 1 saturated heterocycles. The number of nitrogens with one attached hydrogen (secondary N) is 1. The molecule has 0 atom stereocenters. The van der Waals surface area contributed by atoms with Crippen molar-refractivity contribution in [1.82, 2.24) is 14.8 Å². The summed E-state index contributed by atoms with van der Waals surface area (Å²) in [6.45, 7) is 3.11. The molecule has 1 aromatic heterocycles. The maximum absolute atomic E-state index is 8.96. The molecule has 108 valence electrons. The fourth-order valence-electron chi connectivity index (χ4n) is 3.09. The Morgan fingerprint density at radius 1 is 1.24 bits per heavy atom. The maximum Gasteiger partial charge on any atom is 0.239 e. The topological polar surface area (TPSA) is 58.9 Å². The van der Waals surface area contributed by atoms with Crippen LogP contribution in [-0.2, 0) is 13.1 Å². The van der Waals surface area contributed by atoms with Gasteiger partial charge >= 0.3 is 0 Å². The lowest BCUT2D eigenvalue weighted by atomic mass is 9.90. The molecule has 1 fully saturated rings. The first kappa shape index (κ1) is 13.8. The lowest BCUT2D eigenvalue weighted by Gasteiger charge is -2.29. The Balaban J connectivity index is 1.50. The van der Waals surface area contributed by atoms with Crippen LogP contribution >= 0.6 is 0 Å². The van der Waals surface area contributed by atoms with Gasteiger partial charge in [-0.2, -0.15) is 5.26 Å². The fourth-order valence-corrected chi connectivity index (χ4v) is 3.09. The van der Waals surface area contributed by atoms with E-state index in [1.807, 2.05) is 4.57 Å². The number of aromatic nitrogens is 3. The Hall–Kier alpha value is -2.19. The number of quaternary nitrogens is 1. The van der Waals surface area contributed by atoms with Gasteiger partial charge in [-0.25, -0.2) is 0 Å². The summed E-state index contributed by atoms with van der Waals surface area (Å²) in [6.07, 6.45) is 5.33. The Morgan fingerprint density at radius 2 is 2.00 bits per heavy atom. The molecule has 0 amide bonds. The van der Waals surface area contributed by atoms with Gasteiger partial charge in [-0.05, 0) is 30.7 Å². The SMILES string of the molecule is N#Cc1nncn1C[NH+]1CCC(Cc2ccccc2)CC1. The third kappa shape index (κ3) is 3.47. The van der Waals surface area contributed by atoms with Crippen molar-refractivity contribution in [3.63, 3.8) is 0 Å². The Labute approximate surface area is 124 Å². The minimum Gasteiger partial charge on any atom is -0.317 e. The van der Waals surface area contributed by atoms with Crippen LogP contribution in [0.4, 0.5) is 0 Å². The summed E-state index contributed by atoms with van der Waals surface area (Å²) in [6, 6.07) is 12.8. The Kier molecular flexibility index (Phi) is 4.27. The molecule has 1 aliphatic heterocycles. The zero-order valence-corrected chi connectivity index (χ0v) is 12.1. The van der Waals surface area contributed by atoms with Crippen molar-refractivity contribution in [2.24, 2.45) is 5.92 Å². The molecule has 5 heteroatoms. The Morgan fingerprint density at radius 3 is 2.71 bits per heavy atom. The highest BCUT2D eigenvalue weighted by atomic mass is 15.3. The number of piperidine rings is 1. The summed E-state index contributed by atoms with van der Waals surface area (Å²) in [5.74, 6) is 1.20. The number of nitriles is 1. The normalized spacial score (nSPS) is 21.9. The van der Waals surface area contributed by atoms with Crippen LogP contribution in [0.2, 0.25) is 0 Å². The van der Waals surface area contributed by atoms with Gasteiger partial charge in [0.15, 0.2) is 6.67 Å². The summed E-state index contributed by atoms with van der Waals surface area (Å²) < 4.78 is 1.85. The first-order valence-electron chi connectivity index (χ1n) is 7.50. The van der Waals surface area contributed by atoms with E-state index in [0.29, 0.717) is 5.82 Å². The van der Waals surface area contributed by atoms with Gasteiger partial charge in [0.1, 0.15) is 12.4 Å². The van der Waals surface area contributed by atoms with Crippen molar-refractivity contribution >= 4 is 0 Å². The van der Waals surface area contributed by atoms with E-state index in [1.54, 1.807) is 6.33 Å². The Bertz CT molecular complexity index is 605. The van der Waals surface area contributed by atoms with Crippen LogP contribution in [0.15, 0.2) is 36.7 Å². The minimum atomic E-state index is 0.411. The predicted molar refractivity (Wildman–Crippen MR) is 78.3 cm³/mol. The average Bonchev–Trinajstić information content (AvgIpc) is 2.97. The second-order valence-electron chi connectivity index (χ2n) is 5.78. The van der Waals surface area contributed by atoms with Gasteiger partial charge in [-0.1, -0.05) is 30.3 Å². The van der Waals surface area contributed by atoms with E-state index in [9.17, 15) is 0 Å². The summed E-state index contributed by atoms with van der Waals surface area (Å²) >= 11 is 0. The highest BCUT2D eigenvalue weighted by Gasteiger charge is 2.23. The molecule has 2 heterocycles. The van der Waals surface area contributed by atoms with Crippen LogP contribution in [0.25, 0.3) is 0 Å². The lowest BCUT2D eigenvalue weighted by Crippen LogP contribution is -3.12. The average molecular weight is 282 g/mol. The van der Waals surface area contributed by atoms with Crippen LogP contribution in [-0.4, -0.2) is 27.9 Å². The fraction of sp³-hybridized carbons (Fsp3) is 0.438. The van der Waals surface area contributed by atoms with E-state index in [4.69, 9.17) is 5.26 Å². The van der Waals surface area contributed by atoms with Crippen LogP contribution in [0.3, 0.4) is 0 Å². The van der Waals surface area contributed by atoms with Crippen LogP contribution in [0.5, 0.6) is 0 Å². The highest BCUT2D eigenvalue weighted by Crippen LogP contribution is 2.16. The van der Waals surface area contributed by atoms with Gasteiger partial charge in [0.05, 0.1) is 13.1 Å². The van der Waals surface area contributed by atoms with Gasteiger partial charge in [0.25, 0.3) is 0 Å². The highest BCUT2D eigenvalue weighted by molar-refractivity contribution is 5.15. The standard InChI is InChI=1S/C16H19N5/c17-11-16-19-18-12-21(16)13-20-8-6-15(7-9-20)10-14-4-2-1-3-5-14/h1-5,12,15H,6-10,13H2/p+1. The molecule has 0 unspecified atom stereocenters. The molecule has 0 saturated carbocycles. The first-order valence-corrected chi connectivity index (χ1v) is 7.50. The van der Waals surface area contributed by atoms with E-state index < -0.39 is 0 Å². The van der Waals surface area contributed by atoms with Crippen molar-refractivity contribution in [3.05, 3.63) is 48.0 Å². The third-order valence-corrected chi connectivity index (χ3v) is 4.29. The molecule has 0 spiro atoms. The van der Waals surface area contributed by atoms with Gasteiger partial charge in [-0.3, -0.25) is 4.57 Å². The molecule has 1 aliphatic rings. The summed E-state index contributed by atoms with van der Waals surface area (Å²) in [4.78, 5) is 1.51. The first-order chi connectivity index (χ1) is 10.3. The van der Waals surface area contributed by atoms with Gasteiger partial charge in [0, 0.05) is 0 Å². The van der Waals surface area contributed by atoms with Gasteiger partial charge < -0.3 is 4.90 Å². The molecular weight excluding hydrogens is 262 g/mol. The van der Waals surface area contributed by atoms with Crippen molar-refractivity contribution in [2.75, 3.05) is 13.1 Å². The summed E-state index contributed by atoms with van der Waals surface area (Å²) in [7, 11) is 0. The monoisotopic (exact) mass is 282 g/mol. The van der Waals surface area contributed by atoms with E-state index in [0.717, 1.165) is 25.7 Å². The van der Waals surface area contributed by atoms with Crippen molar-refractivity contribution < 1.29 is 4.90 Å². The van der Waals surface area contributed by atoms with Gasteiger partial charge in [0.2, 0.25) is 5.82 Å². The summed E-state index contributed by atoms with van der Waals surface area (Å²) in [5, 5.41) is 16.6. The van der Waals surface area contributed by atoms with E-state index >= 15 is 0 Å². The molecule has 2 aromatic rings. The zero-order chi connectivity index (χ0) is 14.5. The molecule has 5 nitrogen and oxygen atoms in total. The second-order valence-corrected chi connectivity index (χ2v) is 5.78. The second kappa shape index (κ2) is 6.51. The van der Waals surface area contributed by atoms with Crippen molar-refractivity contribution in [3.8, 4) is 6.07 Å². The quantitative estimate of drug-likeness (QED) is 0.895. The van der Waals surface area contributed by atoms with Crippen LogP contribution < -0.4 is 4.90 Å². The minimum absolute atomic E-state index is 0.411. The molecule has 0 aliphatic carbocycles. The van der Waals surface area contributed by atoms with Crippen molar-refractivity contribution in [1.29, 1.82) is 5.26 Å². The van der Waals surface area contributed by atoms with Crippen LogP contribution in [0, 0.1) is 17.2 Å². The number of hydrogen-bond donors (Lipinski definition) is 1. The van der Waals surface area contributed by atoms with Gasteiger partial charge in [-0.15, -0.1) is 10.2 Å². The molecule has 3 rings (SSSR count). The number of benzene rings is 1. The molecule has 21 heavy (non-hydrogen) atoms. The number of likely N-dealkylation sites (tertiary alicyclic amines) is 1. The lowest BCUT2D eigenvalue weighted by molar-refractivity contribution is -0.928. The van der Waals surface area contributed by atoms with E-state index in [-0.39, 0.29) is 0 Å². The third-order valence-electron chi connectivity index (χ3n) is 4.29. The molecule has 0 bridgehead atoms. The number of rotatable bonds is 4. The predicted octanol–water partition coefficient (Wildman–Crippen LogP) is 0.645. The molecule has 1 N–H and O–H groups in total. The van der Waals surface area contributed by atoms with E-state index in [1.165, 1.54) is 29.7 Å². The number of hydrogen-bond acceptors (Lipinski definition) is 3. The zero-order valence-electron chi connectivity index (χ0n) is 12.1. The number of nitrogens with zero attached hydrogens (tertiary/aromatic N) is 4. The largest absolute Gasteiger partial charge is 0.317 e. The smallest absolute Gasteiger partial charge is 0.239 e. The van der Waals surface area contributed by atoms with E-state index in [2.05, 4.69) is 46.6 Å². The molecule has 0 radical (unpaired) electrons.